The molecule has 2 aromatic rings. The van der Waals surface area contributed by atoms with Crippen LogP contribution in [0.25, 0.3) is 0 Å². The highest BCUT2D eigenvalue weighted by molar-refractivity contribution is 6.00. The molecule has 2 atom stereocenters. The fourth-order valence-electron chi connectivity index (χ4n) is 3.61. The number of hydrogen-bond donors (Lipinski definition) is 1. The molecule has 1 aliphatic heterocycles. The molecule has 1 saturated carbocycles. The van der Waals surface area contributed by atoms with E-state index in [0.29, 0.717) is 24.2 Å². The average molecular weight is 359 g/mol. The van der Waals surface area contributed by atoms with Crippen molar-refractivity contribution in [3.63, 3.8) is 0 Å². The van der Waals surface area contributed by atoms with Gasteiger partial charge in [-0.25, -0.2) is 0 Å². The molecular weight excluding hydrogens is 338 g/mol. The van der Waals surface area contributed by atoms with E-state index in [4.69, 9.17) is 0 Å². The molecule has 1 heterocycles. The second-order valence-corrected chi connectivity index (χ2v) is 7.29. The van der Waals surface area contributed by atoms with Crippen LogP contribution >= 0.6 is 0 Å². The van der Waals surface area contributed by atoms with Gasteiger partial charge in [-0.3, -0.25) is 9.59 Å². The van der Waals surface area contributed by atoms with E-state index in [0.717, 1.165) is 18.4 Å². The number of carbonyl (C=O) groups excluding carboxylic acids is 2. The maximum absolute atomic E-state index is 13.0. The number of nitrogens with one attached hydrogen (secondary N) is 1. The van der Waals surface area contributed by atoms with Gasteiger partial charge in [-0.2, -0.15) is 5.26 Å². The molecule has 2 fully saturated rings. The number of rotatable bonds is 4. The summed E-state index contributed by atoms with van der Waals surface area (Å²) < 4.78 is 0. The molecule has 2 aromatic carbocycles. The Hall–Kier alpha value is -3.13. The lowest BCUT2D eigenvalue weighted by Gasteiger charge is -2.17. The van der Waals surface area contributed by atoms with Crippen LogP contribution < -0.4 is 5.32 Å². The Morgan fingerprint density at radius 2 is 1.74 bits per heavy atom. The van der Waals surface area contributed by atoms with E-state index < -0.39 is 0 Å². The molecule has 0 radical (unpaired) electrons. The average Bonchev–Trinajstić information content (AvgIpc) is 3.42. The maximum Gasteiger partial charge on any atom is 0.253 e. The quantitative estimate of drug-likeness (QED) is 0.912. The van der Waals surface area contributed by atoms with Crippen LogP contribution in [0.2, 0.25) is 0 Å². The smallest absolute Gasteiger partial charge is 0.253 e. The van der Waals surface area contributed by atoms with Crippen molar-refractivity contribution in [3.8, 4) is 6.07 Å². The van der Waals surface area contributed by atoms with Crippen LogP contribution in [-0.2, 0) is 0 Å². The summed E-state index contributed by atoms with van der Waals surface area (Å²) in [5, 5.41) is 12.5. The Morgan fingerprint density at radius 3 is 2.44 bits per heavy atom. The zero-order valence-corrected chi connectivity index (χ0v) is 15.0. The van der Waals surface area contributed by atoms with E-state index in [9.17, 15) is 14.9 Å². The Balaban J connectivity index is 1.51. The Labute approximate surface area is 158 Å². The molecule has 0 aromatic heterocycles. The van der Waals surface area contributed by atoms with Crippen LogP contribution in [0.1, 0.15) is 45.0 Å². The van der Waals surface area contributed by atoms with Crippen LogP contribution in [-0.4, -0.2) is 35.8 Å². The molecule has 5 heteroatoms. The van der Waals surface area contributed by atoms with Crippen LogP contribution in [0.3, 0.4) is 0 Å². The van der Waals surface area contributed by atoms with E-state index in [2.05, 4.69) is 11.4 Å². The SMILES string of the molecule is N#C[C@@H]1CN(C(=O)c2cccc(C(=O)NC3CC3)c2)C[C@H]1c1ccccc1. The molecule has 1 saturated heterocycles. The highest BCUT2D eigenvalue weighted by atomic mass is 16.2. The van der Waals surface area contributed by atoms with Crippen molar-refractivity contribution in [2.45, 2.75) is 24.8 Å². The van der Waals surface area contributed by atoms with E-state index in [-0.39, 0.29) is 29.7 Å². The third kappa shape index (κ3) is 3.70. The molecule has 1 aliphatic carbocycles. The summed E-state index contributed by atoms with van der Waals surface area (Å²) in [7, 11) is 0. The summed E-state index contributed by atoms with van der Waals surface area (Å²) in [5.41, 5.74) is 2.07. The number of likely N-dealkylation sites (tertiary alicyclic amines) is 1. The van der Waals surface area contributed by atoms with E-state index >= 15 is 0 Å². The monoisotopic (exact) mass is 359 g/mol. The topological polar surface area (TPSA) is 73.2 Å². The van der Waals surface area contributed by atoms with E-state index in [1.54, 1.807) is 29.2 Å². The third-order valence-corrected chi connectivity index (χ3v) is 5.28. The number of hydrogen-bond acceptors (Lipinski definition) is 3. The number of benzene rings is 2. The lowest BCUT2D eigenvalue weighted by Crippen LogP contribution is -2.30. The van der Waals surface area contributed by atoms with Crippen LogP contribution in [0.4, 0.5) is 0 Å². The van der Waals surface area contributed by atoms with Gasteiger partial charge in [0.1, 0.15) is 0 Å². The van der Waals surface area contributed by atoms with Crippen molar-refractivity contribution in [1.29, 1.82) is 5.26 Å². The van der Waals surface area contributed by atoms with Gasteiger partial charge < -0.3 is 10.2 Å². The lowest BCUT2D eigenvalue weighted by atomic mass is 9.90. The number of nitriles is 1. The van der Waals surface area contributed by atoms with Gasteiger partial charge >= 0.3 is 0 Å². The first-order chi connectivity index (χ1) is 13.2. The second-order valence-electron chi connectivity index (χ2n) is 7.29. The minimum absolute atomic E-state index is 0.0153. The highest BCUT2D eigenvalue weighted by Crippen LogP contribution is 2.33. The van der Waals surface area contributed by atoms with Crippen LogP contribution in [0.15, 0.2) is 54.6 Å². The van der Waals surface area contributed by atoms with Gasteiger partial charge in [-0.05, 0) is 36.6 Å². The van der Waals surface area contributed by atoms with Crippen LogP contribution in [0.5, 0.6) is 0 Å². The summed E-state index contributed by atoms with van der Waals surface area (Å²) >= 11 is 0. The summed E-state index contributed by atoms with van der Waals surface area (Å²) in [6.45, 7) is 0.924. The lowest BCUT2D eigenvalue weighted by molar-refractivity contribution is 0.0788. The predicted molar refractivity (Wildman–Crippen MR) is 101 cm³/mol. The molecule has 5 nitrogen and oxygen atoms in total. The van der Waals surface area contributed by atoms with Crippen molar-refractivity contribution in [3.05, 3.63) is 71.3 Å². The molecule has 0 bridgehead atoms. The van der Waals surface area contributed by atoms with Gasteiger partial charge in [0.15, 0.2) is 0 Å². The zero-order chi connectivity index (χ0) is 18.8. The van der Waals surface area contributed by atoms with Crippen molar-refractivity contribution < 1.29 is 9.59 Å². The van der Waals surface area contributed by atoms with E-state index in [1.165, 1.54) is 0 Å². The molecule has 1 N–H and O–H groups in total. The Morgan fingerprint density at radius 1 is 1.00 bits per heavy atom. The maximum atomic E-state index is 13.0. The third-order valence-electron chi connectivity index (χ3n) is 5.28. The zero-order valence-electron chi connectivity index (χ0n) is 15.0. The molecule has 0 unspecified atom stereocenters. The number of amides is 2. The molecule has 4 rings (SSSR count). The second kappa shape index (κ2) is 7.24. The summed E-state index contributed by atoms with van der Waals surface area (Å²) in [6.07, 6.45) is 2.04. The number of carbonyl (C=O) groups is 2. The summed E-state index contributed by atoms with van der Waals surface area (Å²) in [6, 6.07) is 19.3. The van der Waals surface area contributed by atoms with Crippen LogP contribution in [0, 0.1) is 17.2 Å². The van der Waals surface area contributed by atoms with Gasteiger partial charge in [0.25, 0.3) is 11.8 Å². The normalized spacial score (nSPS) is 21.5. The largest absolute Gasteiger partial charge is 0.349 e. The minimum atomic E-state index is -0.224. The first-order valence-electron chi connectivity index (χ1n) is 9.30. The van der Waals surface area contributed by atoms with Crippen molar-refractivity contribution in [1.82, 2.24) is 10.2 Å². The molecule has 0 spiro atoms. The predicted octanol–water partition coefficient (Wildman–Crippen LogP) is 2.96. The fraction of sp³-hybridized carbons (Fsp3) is 0.318. The van der Waals surface area contributed by atoms with Gasteiger partial charge in [0.05, 0.1) is 12.0 Å². The molecule has 27 heavy (non-hydrogen) atoms. The Bertz CT molecular complexity index is 899. The fourth-order valence-corrected chi connectivity index (χ4v) is 3.61. The molecule has 136 valence electrons. The summed E-state index contributed by atoms with van der Waals surface area (Å²) in [5.74, 6) is -0.473. The Kier molecular flexibility index (Phi) is 4.64. The first-order valence-corrected chi connectivity index (χ1v) is 9.30. The van der Waals surface area contributed by atoms with Gasteiger partial charge in [-0.15, -0.1) is 0 Å². The minimum Gasteiger partial charge on any atom is -0.349 e. The van der Waals surface area contributed by atoms with Gasteiger partial charge in [-0.1, -0.05) is 36.4 Å². The van der Waals surface area contributed by atoms with Crippen molar-refractivity contribution in [2.75, 3.05) is 13.1 Å². The van der Waals surface area contributed by atoms with Gasteiger partial charge in [0, 0.05) is 36.2 Å². The molecule has 2 amide bonds. The standard InChI is InChI=1S/C22H21N3O2/c23-12-18-13-25(14-20(18)15-5-2-1-3-6-15)22(27)17-8-4-7-16(11-17)21(26)24-19-9-10-19/h1-8,11,18-20H,9-10,13-14H2,(H,24,26)/t18-,20+/m1/s1. The highest BCUT2D eigenvalue weighted by Gasteiger charge is 2.36. The summed E-state index contributed by atoms with van der Waals surface area (Å²) in [4.78, 5) is 27.0. The van der Waals surface area contributed by atoms with Crippen molar-refractivity contribution >= 4 is 11.8 Å². The molecule has 2 aliphatic rings. The van der Waals surface area contributed by atoms with Crippen molar-refractivity contribution in [2.24, 2.45) is 5.92 Å². The first kappa shape index (κ1) is 17.3. The molecular formula is C22H21N3O2. The number of nitrogens with zero attached hydrogens (tertiary/aromatic N) is 2. The van der Waals surface area contributed by atoms with E-state index in [1.807, 2.05) is 30.3 Å². The van der Waals surface area contributed by atoms with Gasteiger partial charge in [0.2, 0.25) is 0 Å².